The molecule has 1 amide bonds. The van der Waals surface area contributed by atoms with Crippen LogP contribution in [0.1, 0.15) is 42.7 Å². The predicted molar refractivity (Wildman–Crippen MR) is 121 cm³/mol. The number of nitrogens with zero attached hydrogens (tertiary/aromatic N) is 3. The van der Waals surface area contributed by atoms with Crippen molar-refractivity contribution in [1.82, 2.24) is 20.1 Å². The van der Waals surface area contributed by atoms with E-state index < -0.39 is 0 Å². The number of carbonyl (C=O) groups is 1. The van der Waals surface area contributed by atoms with Crippen LogP contribution < -0.4 is 5.32 Å². The zero-order valence-electron chi connectivity index (χ0n) is 17.9. The van der Waals surface area contributed by atoms with Gasteiger partial charge in [0.05, 0.1) is 11.1 Å². The molecule has 4 rings (SSSR count). The van der Waals surface area contributed by atoms with Gasteiger partial charge in [0.15, 0.2) is 5.65 Å². The Morgan fingerprint density at radius 2 is 1.81 bits per heavy atom. The molecule has 0 unspecified atom stereocenters. The molecular weight excluding hydrogens is 391 g/mol. The van der Waals surface area contributed by atoms with Crippen molar-refractivity contribution in [2.24, 2.45) is 0 Å². The van der Waals surface area contributed by atoms with Gasteiger partial charge in [-0.1, -0.05) is 50.2 Å². The molecule has 2 heterocycles. The Labute approximate surface area is 180 Å². The summed E-state index contributed by atoms with van der Waals surface area (Å²) >= 11 is 0. The number of fused-ring (bicyclic) bond motifs is 1. The third kappa shape index (κ3) is 4.06. The number of nitrogens with one attached hydrogen (secondary N) is 1. The van der Waals surface area contributed by atoms with Crippen LogP contribution in [0.25, 0.3) is 28.0 Å². The lowest BCUT2D eigenvalue weighted by atomic mass is 10.0. The summed E-state index contributed by atoms with van der Waals surface area (Å²) in [6.07, 6.45) is 1.70. The largest absolute Gasteiger partial charge is 0.348 e. The van der Waals surface area contributed by atoms with E-state index in [1.54, 1.807) is 22.9 Å². The Morgan fingerprint density at radius 1 is 1.06 bits per heavy atom. The number of halogens is 1. The lowest BCUT2D eigenvalue weighted by molar-refractivity contribution is 0.0930. The fourth-order valence-electron chi connectivity index (χ4n) is 3.75. The van der Waals surface area contributed by atoms with E-state index in [0.29, 0.717) is 17.0 Å². The smallest absolute Gasteiger partial charge is 0.270 e. The molecule has 5 nitrogen and oxygen atoms in total. The Bertz CT molecular complexity index is 1230. The van der Waals surface area contributed by atoms with Gasteiger partial charge in [-0.15, -0.1) is 0 Å². The number of carbonyl (C=O) groups excluding carboxylic acids is 1. The summed E-state index contributed by atoms with van der Waals surface area (Å²) in [5, 5.41) is 8.66. The second-order valence-corrected chi connectivity index (χ2v) is 7.62. The van der Waals surface area contributed by atoms with Crippen molar-refractivity contribution < 1.29 is 9.18 Å². The third-order valence-corrected chi connectivity index (χ3v) is 5.49. The summed E-state index contributed by atoms with van der Waals surface area (Å²) < 4.78 is 15.6. The number of aromatic nitrogens is 3. The maximum Gasteiger partial charge on any atom is 0.270 e. The molecule has 31 heavy (non-hydrogen) atoms. The first-order valence-corrected chi connectivity index (χ1v) is 10.5. The summed E-state index contributed by atoms with van der Waals surface area (Å²) in [6.45, 7) is 6.03. The Morgan fingerprint density at radius 3 is 2.48 bits per heavy atom. The molecule has 2 aromatic carbocycles. The molecule has 0 saturated heterocycles. The van der Waals surface area contributed by atoms with Crippen molar-refractivity contribution in [3.8, 4) is 16.9 Å². The number of hydrogen-bond donors (Lipinski definition) is 1. The molecule has 0 aliphatic heterocycles. The molecule has 0 spiro atoms. The third-order valence-electron chi connectivity index (χ3n) is 5.49. The van der Waals surface area contributed by atoms with Crippen molar-refractivity contribution >= 4 is 16.9 Å². The molecule has 2 aromatic heterocycles. The van der Waals surface area contributed by atoms with Gasteiger partial charge in [0, 0.05) is 11.6 Å². The van der Waals surface area contributed by atoms with Crippen LogP contribution in [0.4, 0.5) is 4.39 Å². The van der Waals surface area contributed by atoms with E-state index in [2.05, 4.69) is 10.3 Å². The van der Waals surface area contributed by atoms with Gasteiger partial charge in [-0.25, -0.2) is 14.1 Å². The van der Waals surface area contributed by atoms with Crippen LogP contribution in [-0.2, 0) is 0 Å². The zero-order chi connectivity index (χ0) is 22.0. The SMILES string of the molecule is CCC(CC)NC(=O)c1cc(C)c2c(-c3ccccc3)nn(-c3cccc(F)c3)c2n1. The zero-order valence-corrected chi connectivity index (χ0v) is 17.9. The topological polar surface area (TPSA) is 59.8 Å². The highest BCUT2D eigenvalue weighted by molar-refractivity contribution is 5.99. The van der Waals surface area contributed by atoms with E-state index in [-0.39, 0.29) is 17.8 Å². The molecule has 0 atom stereocenters. The first-order chi connectivity index (χ1) is 15.0. The molecule has 0 fully saturated rings. The van der Waals surface area contributed by atoms with Crippen LogP contribution in [0.3, 0.4) is 0 Å². The van der Waals surface area contributed by atoms with Crippen molar-refractivity contribution in [2.45, 2.75) is 39.7 Å². The monoisotopic (exact) mass is 416 g/mol. The average Bonchev–Trinajstić information content (AvgIpc) is 3.18. The number of aryl methyl sites for hydroxylation is 1. The molecule has 1 N–H and O–H groups in total. The minimum atomic E-state index is -0.359. The molecular formula is C25H25FN4O. The van der Waals surface area contributed by atoms with Crippen LogP contribution in [-0.4, -0.2) is 26.7 Å². The summed E-state index contributed by atoms with van der Waals surface area (Å²) in [5.41, 5.74) is 3.98. The van der Waals surface area contributed by atoms with Crippen molar-refractivity contribution in [2.75, 3.05) is 0 Å². The van der Waals surface area contributed by atoms with Gasteiger partial charge in [0.2, 0.25) is 0 Å². The Kier molecular flexibility index (Phi) is 5.80. The summed E-state index contributed by atoms with van der Waals surface area (Å²) in [7, 11) is 0. The highest BCUT2D eigenvalue weighted by Gasteiger charge is 2.21. The quantitative estimate of drug-likeness (QED) is 0.454. The standard InChI is InChI=1S/C25H25FN4O/c1-4-19(5-2)27-25(31)21-14-16(3)22-23(17-10-7-6-8-11-17)29-30(24(22)28-21)20-13-9-12-18(26)15-20/h6-15,19H,4-5H2,1-3H3,(H,27,31). The summed E-state index contributed by atoms with van der Waals surface area (Å²) in [4.78, 5) is 17.6. The van der Waals surface area contributed by atoms with Crippen molar-refractivity contribution in [1.29, 1.82) is 0 Å². The van der Waals surface area contributed by atoms with Crippen LogP contribution in [0, 0.1) is 12.7 Å². The van der Waals surface area contributed by atoms with Crippen LogP contribution in [0.2, 0.25) is 0 Å². The van der Waals surface area contributed by atoms with Crippen LogP contribution in [0.5, 0.6) is 0 Å². The van der Waals surface area contributed by atoms with Crippen molar-refractivity contribution in [3.63, 3.8) is 0 Å². The highest BCUT2D eigenvalue weighted by atomic mass is 19.1. The molecule has 158 valence electrons. The minimum Gasteiger partial charge on any atom is -0.348 e. The molecule has 0 bridgehead atoms. The average molecular weight is 417 g/mol. The van der Waals surface area contributed by atoms with E-state index in [1.807, 2.05) is 51.1 Å². The first-order valence-electron chi connectivity index (χ1n) is 10.5. The summed E-state index contributed by atoms with van der Waals surface area (Å²) in [6, 6.07) is 17.9. The molecule has 0 radical (unpaired) electrons. The van der Waals surface area contributed by atoms with Gasteiger partial charge >= 0.3 is 0 Å². The van der Waals surface area contributed by atoms with Gasteiger partial charge in [-0.2, -0.15) is 5.10 Å². The predicted octanol–water partition coefficient (Wildman–Crippen LogP) is 5.45. The van der Waals surface area contributed by atoms with Gasteiger partial charge < -0.3 is 5.32 Å². The van der Waals surface area contributed by atoms with E-state index in [0.717, 1.165) is 35.0 Å². The second kappa shape index (κ2) is 8.68. The van der Waals surface area contributed by atoms with Crippen LogP contribution in [0.15, 0.2) is 60.7 Å². The van der Waals surface area contributed by atoms with Gasteiger partial charge in [0.1, 0.15) is 17.2 Å². The molecule has 4 aromatic rings. The fraction of sp³-hybridized carbons (Fsp3) is 0.240. The van der Waals surface area contributed by atoms with E-state index >= 15 is 0 Å². The lowest BCUT2D eigenvalue weighted by Gasteiger charge is -2.14. The molecule has 6 heteroatoms. The van der Waals surface area contributed by atoms with Gasteiger partial charge in [-0.05, 0) is 49.6 Å². The van der Waals surface area contributed by atoms with E-state index in [4.69, 9.17) is 5.10 Å². The molecule has 0 aliphatic carbocycles. The van der Waals surface area contributed by atoms with Gasteiger partial charge in [-0.3, -0.25) is 4.79 Å². The maximum absolute atomic E-state index is 14.0. The van der Waals surface area contributed by atoms with E-state index in [9.17, 15) is 9.18 Å². The lowest BCUT2D eigenvalue weighted by Crippen LogP contribution is -2.34. The fourth-order valence-corrected chi connectivity index (χ4v) is 3.75. The maximum atomic E-state index is 14.0. The molecule has 0 saturated carbocycles. The molecule has 0 aliphatic rings. The minimum absolute atomic E-state index is 0.0957. The highest BCUT2D eigenvalue weighted by Crippen LogP contribution is 2.31. The van der Waals surface area contributed by atoms with E-state index in [1.165, 1.54) is 12.1 Å². The van der Waals surface area contributed by atoms with Crippen LogP contribution >= 0.6 is 0 Å². The number of amides is 1. The number of rotatable bonds is 6. The Hall–Kier alpha value is -3.54. The summed E-state index contributed by atoms with van der Waals surface area (Å²) in [5.74, 6) is -0.575. The number of pyridine rings is 1. The van der Waals surface area contributed by atoms with Crippen molar-refractivity contribution in [3.05, 3.63) is 77.7 Å². The number of benzene rings is 2. The Balaban J connectivity index is 1.93. The number of hydrogen-bond acceptors (Lipinski definition) is 3. The first kappa shape index (κ1) is 20.7. The van der Waals surface area contributed by atoms with Gasteiger partial charge in [0.25, 0.3) is 5.91 Å². The normalized spacial score (nSPS) is 11.3. The second-order valence-electron chi connectivity index (χ2n) is 7.62.